The summed E-state index contributed by atoms with van der Waals surface area (Å²) in [4.78, 5) is 0. The minimum absolute atomic E-state index is 0. The average Bonchev–Trinajstić information content (AvgIpc) is 2.58. The van der Waals surface area contributed by atoms with Gasteiger partial charge in [-0.2, -0.15) is 0 Å². The van der Waals surface area contributed by atoms with Gasteiger partial charge >= 0.3 is 118 Å². The molecular formula is C10H18Na4O16S4. The maximum absolute atomic E-state index is 10.9. The van der Waals surface area contributed by atoms with E-state index in [-0.39, 0.29) is 175 Å². The van der Waals surface area contributed by atoms with Crippen molar-refractivity contribution in [3.63, 3.8) is 0 Å². The predicted molar refractivity (Wildman–Crippen MR) is 88.2 cm³/mol. The van der Waals surface area contributed by atoms with Crippen molar-refractivity contribution in [2.75, 3.05) is 13.2 Å². The van der Waals surface area contributed by atoms with E-state index >= 15 is 0 Å². The summed E-state index contributed by atoms with van der Waals surface area (Å²) in [6.45, 7) is 0.902. The normalized spacial score (nSPS) is 13.9. The second-order valence-electron chi connectivity index (χ2n) is 5.46. The summed E-state index contributed by atoms with van der Waals surface area (Å²) >= 11 is 0.473. The molecule has 3 unspecified atom stereocenters. The molecule has 0 saturated carbocycles. The van der Waals surface area contributed by atoms with Crippen LogP contribution in [-0.4, -0.2) is 51.4 Å². The SMILES string of the molecule is CC(CC(CCOSOO[O-])OSOO[O-])CC(CCOS(=O)(=O)[O-])OS(=O)(=O)[O-].[Na+].[Na+].[Na+].[Na+]. The fourth-order valence-corrected chi connectivity index (χ4v) is 3.56. The van der Waals surface area contributed by atoms with Gasteiger partial charge in [-0.3, -0.25) is 26.8 Å². The van der Waals surface area contributed by atoms with Crippen molar-refractivity contribution >= 4 is 45.4 Å². The summed E-state index contributed by atoms with van der Waals surface area (Å²) < 4.78 is 90.1. The second kappa shape index (κ2) is 28.6. The van der Waals surface area contributed by atoms with E-state index < -0.39 is 45.5 Å². The third-order valence-electron chi connectivity index (χ3n) is 3.11. The fourth-order valence-electron chi connectivity index (χ4n) is 2.18. The van der Waals surface area contributed by atoms with Gasteiger partial charge in [0, 0.05) is 0 Å². The first-order valence-corrected chi connectivity index (χ1v) is 11.7. The standard InChI is InChI=1S/C10H22O16S4.4Na/c1-8(6-9(21-28-26-24-12)2-4-19-27-25-23-11)7-10(22-30(16,17)18)3-5-20-29(13,14)15;;;;/h8-12H,2-7H2,1H3,(H,13,14,15)(H,16,17,18);;;;/q;4*+1/p-4. The van der Waals surface area contributed by atoms with Crippen LogP contribution in [-0.2, 0) is 56.3 Å². The number of hydrogen-bond donors (Lipinski definition) is 0. The molecule has 24 heteroatoms. The molecule has 0 aliphatic heterocycles. The molecule has 16 nitrogen and oxygen atoms in total. The zero-order valence-electron chi connectivity index (χ0n) is 19.1. The monoisotopic (exact) mass is 614 g/mol. The summed E-state index contributed by atoms with van der Waals surface area (Å²) in [6.07, 6.45) is -2.06. The summed E-state index contributed by atoms with van der Waals surface area (Å²) in [7, 11) is -10.1. The Morgan fingerprint density at radius 1 is 0.765 bits per heavy atom. The van der Waals surface area contributed by atoms with Gasteiger partial charge in [-0.25, -0.2) is 16.8 Å². The van der Waals surface area contributed by atoms with Gasteiger partial charge in [0.2, 0.25) is 20.8 Å². The van der Waals surface area contributed by atoms with E-state index in [1.165, 1.54) is 0 Å². The summed E-state index contributed by atoms with van der Waals surface area (Å²) in [6, 6.07) is 0. The number of hydrogen-bond acceptors (Lipinski definition) is 18. The van der Waals surface area contributed by atoms with Gasteiger partial charge in [-0.15, -0.1) is 8.67 Å². The van der Waals surface area contributed by atoms with E-state index in [2.05, 4.69) is 27.1 Å². The van der Waals surface area contributed by atoms with Gasteiger partial charge in [0.1, 0.15) is 0 Å². The molecular weight excluding hydrogens is 596 g/mol. The molecule has 0 aromatic heterocycles. The van der Waals surface area contributed by atoms with Crippen molar-refractivity contribution in [2.45, 2.75) is 44.8 Å². The molecule has 0 aromatic carbocycles. The minimum Gasteiger partial charge on any atom is -0.726 e. The summed E-state index contributed by atoms with van der Waals surface area (Å²) in [5, 5.41) is 25.6. The zero-order valence-corrected chi connectivity index (χ0v) is 30.4. The van der Waals surface area contributed by atoms with E-state index in [1.807, 2.05) is 0 Å². The van der Waals surface area contributed by atoms with Gasteiger partial charge in [0.15, 0.2) is 24.6 Å². The average molecular weight is 614 g/mol. The van der Waals surface area contributed by atoms with E-state index in [4.69, 9.17) is 8.37 Å². The Kier molecular flexibility index (Phi) is 40.3. The van der Waals surface area contributed by atoms with Crippen LogP contribution in [0.4, 0.5) is 0 Å². The molecule has 0 saturated heterocycles. The Bertz CT molecular complexity index is 644. The Labute approximate surface area is 295 Å². The van der Waals surface area contributed by atoms with E-state index in [0.717, 1.165) is 0 Å². The number of rotatable bonds is 20. The molecule has 0 spiro atoms. The maximum Gasteiger partial charge on any atom is 1.00 e. The molecule has 34 heavy (non-hydrogen) atoms. The van der Waals surface area contributed by atoms with E-state index in [1.54, 1.807) is 6.92 Å². The van der Waals surface area contributed by atoms with Crippen LogP contribution in [0.25, 0.3) is 0 Å². The van der Waals surface area contributed by atoms with Crippen molar-refractivity contribution in [1.29, 1.82) is 0 Å². The Morgan fingerprint density at radius 2 is 1.26 bits per heavy atom. The van der Waals surface area contributed by atoms with Gasteiger partial charge < -0.3 is 19.6 Å². The topological polar surface area (TPSA) is 234 Å². The van der Waals surface area contributed by atoms with Gasteiger partial charge in [0.25, 0.3) is 0 Å². The van der Waals surface area contributed by atoms with Crippen LogP contribution in [0.15, 0.2) is 0 Å². The molecule has 0 rings (SSSR count). The van der Waals surface area contributed by atoms with Crippen LogP contribution in [0, 0.1) is 5.92 Å². The van der Waals surface area contributed by atoms with Crippen LogP contribution in [0.5, 0.6) is 0 Å². The van der Waals surface area contributed by atoms with Gasteiger partial charge in [0.05, 0.1) is 25.4 Å². The predicted octanol–water partition coefficient (Wildman–Crippen LogP) is -13.5. The molecule has 0 radical (unpaired) electrons. The van der Waals surface area contributed by atoms with Gasteiger partial charge in [-0.1, -0.05) is 6.92 Å². The first-order chi connectivity index (χ1) is 14.0. The van der Waals surface area contributed by atoms with Crippen molar-refractivity contribution < 1.29 is 190 Å². The molecule has 0 amide bonds. The Balaban J connectivity index is -0.000000701. The van der Waals surface area contributed by atoms with Gasteiger partial charge in [-0.05, 0) is 31.6 Å². The Hall–Kier alpha value is 4.12. The first kappa shape index (κ1) is 47.9. The maximum atomic E-state index is 10.9. The third-order valence-corrected chi connectivity index (χ3v) is 4.91. The van der Waals surface area contributed by atoms with Crippen molar-refractivity contribution in [3.05, 3.63) is 0 Å². The van der Waals surface area contributed by atoms with E-state index in [0.29, 0.717) is 0 Å². The van der Waals surface area contributed by atoms with Crippen LogP contribution in [0.1, 0.15) is 32.6 Å². The van der Waals surface area contributed by atoms with Crippen LogP contribution < -0.4 is 129 Å². The van der Waals surface area contributed by atoms with E-state index in [9.17, 15) is 36.5 Å². The molecule has 0 aliphatic carbocycles. The molecule has 182 valence electrons. The molecule has 0 bridgehead atoms. The summed E-state index contributed by atoms with van der Waals surface area (Å²) in [5.74, 6) is -0.395. The summed E-state index contributed by atoms with van der Waals surface area (Å²) in [5.41, 5.74) is 0. The van der Waals surface area contributed by atoms with Crippen molar-refractivity contribution in [3.8, 4) is 0 Å². The quantitative estimate of drug-likeness (QED) is 0.0235. The Morgan fingerprint density at radius 3 is 1.76 bits per heavy atom. The molecule has 0 N–H and O–H groups in total. The van der Waals surface area contributed by atoms with Crippen LogP contribution >= 0.6 is 24.6 Å². The van der Waals surface area contributed by atoms with Crippen LogP contribution in [0.3, 0.4) is 0 Å². The third kappa shape index (κ3) is 34.1. The second-order valence-corrected chi connectivity index (χ2v) is 8.49. The molecule has 3 atom stereocenters. The largest absolute Gasteiger partial charge is 1.00 e. The zero-order chi connectivity index (χ0) is 23.0. The molecule has 0 aliphatic rings. The van der Waals surface area contributed by atoms with Crippen molar-refractivity contribution in [1.82, 2.24) is 0 Å². The molecule has 0 heterocycles. The molecule has 0 fully saturated rings. The first-order valence-electron chi connectivity index (χ1n) is 7.74. The smallest absolute Gasteiger partial charge is 0.726 e. The molecule has 0 aromatic rings. The van der Waals surface area contributed by atoms with Crippen molar-refractivity contribution in [2.24, 2.45) is 5.92 Å². The minimum atomic E-state index is -5.12. The fraction of sp³-hybridized carbons (Fsp3) is 1.00. The van der Waals surface area contributed by atoms with Crippen LogP contribution in [0.2, 0.25) is 0 Å².